The van der Waals surface area contributed by atoms with E-state index in [1.54, 1.807) is 18.2 Å². The molecule has 1 aliphatic heterocycles. The number of benzene rings is 1. The van der Waals surface area contributed by atoms with Crippen molar-refractivity contribution in [3.05, 3.63) is 23.2 Å². The number of rotatable bonds is 3. The molecular weight excluding hydrogens is 288 g/mol. The summed E-state index contributed by atoms with van der Waals surface area (Å²) in [6.45, 7) is 5.87. The summed E-state index contributed by atoms with van der Waals surface area (Å²) in [5.74, 6) is -0.0127. The Morgan fingerprint density at radius 2 is 2.10 bits per heavy atom. The Kier molecular flexibility index (Phi) is 5.45. The van der Waals surface area contributed by atoms with Gasteiger partial charge in [0.2, 0.25) is 5.91 Å². The number of likely N-dealkylation sites (N-methyl/N-ethyl adjacent to an activating group) is 1. The third-order valence-electron chi connectivity index (χ3n) is 3.94. The number of nitrogens with one attached hydrogen (secondary N) is 1. The maximum atomic E-state index is 12.4. The molecule has 0 aromatic heterocycles. The Morgan fingerprint density at radius 3 is 2.81 bits per heavy atom. The Bertz CT molecular complexity index is 508. The summed E-state index contributed by atoms with van der Waals surface area (Å²) in [4.78, 5) is 16.9. The van der Waals surface area contributed by atoms with Gasteiger partial charge in [-0.25, -0.2) is 0 Å². The van der Waals surface area contributed by atoms with Gasteiger partial charge >= 0.3 is 0 Å². The van der Waals surface area contributed by atoms with Crippen LogP contribution in [-0.2, 0) is 4.79 Å². The maximum absolute atomic E-state index is 12.4. The number of hydrogen-bond donors (Lipinski definition) is 2. The van der Waals surface area contributed by atoms with Crippen LogP contribution >= 0.6 is 11.6 Å². The van der Waals surface area contributed by atoms with Crippen LogP contribution in [-0.4, -0.2) is 55.0 Å². The molecule has 1 aromatic rings. The van der Waals surface area contributed by atoms with Crippen LogP contribution in [0.4, 0.5) is 11.4 Å². The molecule has 0 saturated carbocycles. The Balaban J connectivity index is 1.96. The number of carbonyl (C=O) groups excluding carboxylic acids is 1. The van der Waals surface area contributed by atoms with Crippen LogP contribution in [0.2, 0.25) is 5.02 Å². The number of carbonyl (C=O) groups is 1. The van der Waals surface area contributed by atoms with Gasteiger partial charge in [0, 0.05) is 25.3 Å². The second-order valence-electron chi connectivity index (χ2n) is 5.59. The first kappa shape index (κ1) is 16.1. The molecule has 1 unspecified atom stereocenters. The highest BCUT2D eigenvalue weighted by Crippen LogP contribution is 2.22. The van der Waals surface area contributed by atoms with Crippen LogP contribution in [0.5, 0.6) is 0 Å². The monoisotopic (exact) mass is 310 g/mol. The van der Waals surface area contributed by atoms with Gasteiger partial charge in [0.1, 0.15) is 0 Å². The maximum Gasteiger partial charge on any atom is 0.241 e. The zero-order chi connectivity index (χ0) is 15.4. The van der Waals surface area contributed by atoms with E-state index in [0.29, 0.717) is 16.4 Å². The number of nitrogens with two attached hydrogens (primary N) is 1. The van der Waals surface area contributed by atoms with Gasteiger partial charge in [-0.3, -0.25) is 9.69 Å². The fourth-order valence-electron chi connectivity index (χ4n) is 2.49. The molecule has 116 valence electrons. The van der Waals surface area contributed by atoms with Gasteiger partial charge in [-0.15, -0.1) is 0 Å². The van der Waals surface area contributed by atoms with E-state index >= 15 is 0 Å². The Labute approximate surface area is 131 Å². The average molecular weight is 311 g/mol. The standard InChI is InChI=1S/C15H23ClN4O/c1-11(20-7-3-6-19(2)8-9-20)15(21)18-12-4-5-13(16)14(17)10-12/h4-5,10-11H,3,6-9,17H2,1-2H3,(H,18,21). The highest BCUT2D eigenvalue weighted by Gasteiger charge is 2.23. The van der Waals surface area contributed by atoms with Crippen molar-refractivity contribution in [3.63, 3.8) is 0 Å². The first-order valence-corrected chi connectivity index (χ1v) is 7.63. The predicted octanol–water partition coefficient (Wildman–Crippen LogP) is 1.89. The number of anilines is 2. The summed E-state index contributed by atoms with van der Waals surface area (Å²) in [7, 11) is 2.12. The molecule has 21 heavy (non-hydrogen) atoms. The van der Waals surface area contributed by atoms with E-state index in [-0.39, 0.29) is 11.9 Å². The van der Waals surface area contributed by atoms with Gasteiger partial charge < -0.3 is 16.0 Å². The first-order chi connectivity index (χ1) is 9.97. The highest BCUT2D eigenvalue weighted by atomic mass is 35.5. The summed E-state index contributed by atoms with van der Waals surface area (Å²) in [5.41, 5.74) is 6.90. The Morgan fingerprint density at radius 1 is 1.33 bits per heavy atom. The van der Waals surface area contributed by atoms with Gasteiger partial charge in [0.05, 0.1) is 16.8 Å². The lowest BCUT2D eigenvalue weighted by Gasteiger charge is -2.26. The van der Waals surface area contributed by atoms with Crippen LogP contribution in [0.15, 0.2) is 18.2 Å². The van der Waals surface area contributed by atoms with Crippen molar-refractivity contribution < 1.29 is 4.79 Å². The molecule has 1 aliphatic rings. The molecular formula is C15H23ClN4O. The van der Waals surface area contributed by atoms with Gasteiger partial charge in [-0.05, 0) is 45.1 Å². The number of hydrogen-bond acceptors (Lipinski definition) is 4. The van der Waals surface area contributed by atoms with E-state index in [0.717, 1.165) is 32.6 Å². The van der Waals surface area contributed by atoms with Crippen molar-refractivity contribution in [2.24, 2.45) is 0 Å². The largest absolute Gasteiger partial charge is 0.397 e. The number of amides is 1. The minimum atomic E-state index is -0.159. The number of nitrogen functional groups attached to an aromatic ring is 1. The molecule has 1 amide bonds. The topological polar surface area (TPSA) is 61.6 Å². The van der Waals surface area contributed by atoms with Crippen molar-refractivity contribution in [2.45, 2.75) is 19.4 Å². The molecule has 0 spiro atoms. The predicted molar refractivity (Wildman–Crippen MR) is 87.6 cm³/mol. The van der Waals surface area contributed by atoms with E-state index in [9.17, 15) is 4.79 Å². The molecule has 0 radical (unpaired) electrons. The van der Waals surface area contributed by atoms with Crippen molar-refractivity contribution in [1.82, 2.24) is 9.80 Å². The van der Waals surface area contributed by atoms with Crippen LogP contribution in [0, 0.1) is 0 Å². The molecule has 1 saturated heterocycles. The second kappa shape index (κ2) is 7.11. The summed E-state index contributed by atoms with van der Waals surface area (Å²) >= 11 is 5.88. The number of nitrogens with zero attached hydrogens (tertiary/aromatic N) is 2. The smallest absolute Gasteiger partial charge is 0.241 e. The van der Waals surface area contributed by atoms with Crippen LogP contribution < -0.4 is 11.1 Å². The van der Waals surface area contributed by atoms with Crippen molar-refractivity contribution in [2.75, 3.05) is 44.3 Å². The van der Waals surface area contributed by atoms with E-state index in [2.05, 4.69) is 22.2 Å². The quantitative estimate of drug-likeness (QED) is 0.837. The summed E-state index contributed by atoms with van der Waals surface area (Å²) in [6, 6.07) is 4.98. The first-order valence-electron chi connectivity index (χ1n) is 7.26. The molecule has 6 heteroatoms. The van der Waals surface area contributed by atoms with E-state index in [1.807, 2.05) is 6.92 Å². The van der Waals surface area contributed by atoms with Crippen LogP contribution in [0.25, 0.3) is 0 Å². The van der Waals surface area contributed by atoms with Gasteiger partial charge in [0.25, 0.3) is 0 Å². The van der Waals surface area contributed by atoms with E-state index < -0.39 is 0 Å². The van der Waals surface area contributed by atoms with Crippen LogP contribution in [0.1, 0.15) is 13.3 Å². The third kappa shape index (κ3) is 4.33. The average Bonchev–Trinajstić information content (AvgIpc) is 2.67. The zero-order valence-corrected chi connectivity index (χ0v) is 13.4. The van der Waals surface area contributed by atoms with Crippen molar-refractivity contribution in [3.8, 4) is 0 Å². The zero-order valence-electron chi connectivity index (χ0n) is 12.6. The molecule has 5 nitrogen and oxygen atoms in total. The normalized spacial score (nSPS) is 19.0. The molecule has 1 aromatic carbocycles. The molecule has 0 bridgehead atoms. The molecule has 0 aliphatic carbocycles. The summed E-state index contributed by atoms with van der Waals surface area (Å²) in [6.07, 6.45) is 1.09. The summed E-state index contributed by atoms with van der Waals surface area (Å²) in [5, 5.41) is 3.40. The fraction of sp³-hybridized carbons (Fsp3) is 0.533. The van der Waals surface area contributed by atoms with E-state index in [4.69, 9.17) is 17.3 Å². The molecule has 3 N–H and O–H groups in total. The lowest BCUT2D eigenvalue weighted by atomic mass is 10.2. The number of halogens is 1. The minimum Gasteiger partial charge on any atom is -0.397 e. The fourth-order valence-corrected chi connectivity index (χ4v) is 2.61. The van der Waals surface area contributed by atoms with Crippen molar-refractivity contribution in [1.29, 1.82) is 0 Å². The third-order valence-corrected chi connectivity index (χ3v) is 4.29. The SMILES string of the molecule is CC(C(=O)Nc1ccc(Cl)c(N)c1)N1CCCN(C)CC1. The van der Waals surface area contributed by atoms with Gasteiger partial charge in [-0.2, -0.15) is 0 Å². The molecule has 1 fully saturated rings. The lowest BCUT2D eigenvalue weighted by molar-refractivity contribution is -0.120. The Hall–Kier alpha value is -1.30. The van der Waals surface area contributed by atoms with Crippen LogP contribution in [0.3, 0.4) is 0 Å². The van der Waals surface area contributed by atoms with Gasteiger partial charge in [-0.1, -0.05) is 11.6 Å². The second-order valence-corrected chi connectivity index (χ2v) is 6.00. The summed E-state index contributed by atoms with van der Waals surface area (Å²) < 4.78 is 0. The molecule has 1 atom stereocenters. The molecule has 1 heterocycles. The lowest BCUT2D eigenvalue weighted by Crippen LogP contribution is -2.43. The molecule has 2 rings (SSSR count). The van der Waals surface area contributed by atoms with E-state index in [1.165, 1.54) is 0 Å². The highest BCUT2D eigenvalue weighted by molar-refractivity contribution is 6.33. The van der Waals surface area contributed by atoms with Gasteiger partial charge in [0.15, 0.2) is 0 Å². The minimum absolute atomic E-state index is 0.0127. The van der Waals surface area contributed by atoms with Crippen molar-refractivity contribution >= 4 is 28.9 Å².